The summed E-state index contributed by atoms with van der Waals surface area (Å²) < 4.78 is 34.1. The molecule has 0 spiro atoms. The van der Waals surface area contributed by atoms with Crippen molar-refractivity contribution in [1.82, 2.24) is 0 Å². The third-order valence-electron chi connectivity index (χ3n) is 5.74. The van der Waals surface area contributed by atoms with Crippen molar-refractivity contribution >= 4 is 23.1 Å². The summed E-state index contributed by atoms with van der Waals surface area (Å²) in [4.78, 5) is 25.3. The van der Waals surface area contributed by atoms with Gasteiger partial charge in [-0.15, -0.1) is 0 Å². The van der Waals surface area contributed by atoms with Gasteiger partial charge in [-0.2, -0.15) is 0 Å². The molecule has 0 N–H and O–H groups in total. The Morgan fingerprint density at radius 3 is 1.32 bits per heavy atom. The van der Waals surface area contributed by atoms with Crippen molar-refractivity contribution in [2.24, 2.45) is 0 Å². The van der Waals surface area contributed by atoms with Crippen molar-refractivity contribution in [2.75, 3.05) is 26.4 Å². The van der Waals surface area contributed by atoms with Crippen LogP contribution < -0.4 is 18.9 Å². The summed E-state index contributed by atoms with van der Waals surface area (Å²) in [5.41, 5.74) is 0. The van der Waals surface area contributed by atoms with Gasteiger partial charge < -0.3 is 28.4 Å². The van der Waals surface area contributed by atoms with E-state index in [4.69, 9.17) is 28.4 Å². The van der Waals surface area contributed by atoms with Crippen molar-refractivity contribution in [1.29, 1.82) is 0 Å². The summed E-state index contributed by atoms with van der Waals surface area (Å²) >= 11 is 0. The summed E-state index contributed by atoms with van der Waals surface area (Å²) in [6.07, 6.45) is 7.60. The molecule has 2 aromatic rings. The maximum absolute atomic E-state index is 12.6. The van der Waals surface area contributed by atoms with Gasteiger partial charge >= 0.3 is 12.3 Å². The van der Waals surface area contributed by atoms with Crippen LogP contribution in [-0.2, 0) is 9.47 Å². The van der Waals surface area contributed by atoms with Crippen LogP contribution in [0.15, 0.2) is 24.3 Å². The predicted molar refractivity (Wildman–Crippen MR) is 148 cm³/mol. The molecule has 0 aliphatic heterocycles. The Balaban J connectivity index is 2.42. The Kier molecular flexibility index (Phi) is 14.8. The third kappa shape index (κ3) is 9.95. The lowest BCUT2D eigenvalue weighted by Crippen LogP contribution is -2.16. The van der Waals surface area contributed by atoms with Gasteiger partial charge in [-0.1, -0.05) is 90.5 Å². The Morgan fingerprint density at radius 2 is 0.947 bits per heavy atom. The Labute approximate surface area is 226 Å². The van der Waals surface area contributed by atoms with Crippen LogP contribution in [0.25, 0.3) is 10.8 Å². The second-order valence-electron chi connectivity index (χ2n) is 9.08. The molecule has 2 rings (SSSR count). The number of hydrogen-bond acceptors (Lipinski definition) is 8. The van der Waals surface area contributed by atoms with Crippen LogP contribution in [0, 0.1) is 0 Å². The van der Waals surface area contributed by atoms with Crippen molar-refractivity contribution in [2.45, 2.75) is 91.9 Å². The van der Waals surface area contributed by atoms with Gasteiger partial charge in [-0.25, -0.2) is 9.59 Å². The van der Waals surface area contributed by atoms with E-state index in [2.05, 4.69) is 13.8 Å². The Hall–Kier alpha value is -3.16. The minimum atomic E-state index is -0.824. The summed E-state index contributed by atoms with van der Waals surface area (Å²) in [6.45, 7) is 9.39. The van der Waals surface area contributed by atoms with E-state index in [0.29, 0.717) is 36.8 Å². The zero-order valence-corrected chi connectivity index (χ0v) is 23.5. The zero-order valence-electron chi connectivity index (χ0n) is 23.5. The van der Waals surface area contributed by atoms with E-state index in [0.717, 1.165) is 51.4 Å². The maximum atomic E-state index is 12.6. The van der Waals surface area contributed by atoms with Crippen LogP contribution in [0.1, 0.15) is 91.9 Å². The average Bonchev–Trinajstić information content (AvgIpc) is 2.92. The second-order valence-corrected chi connectivity index (χ2v) is 9.08. The number of rotatable bonds is 18. The fraction of sp³-hybridized carbons (Fsp3) is 0.600. The molecular formula is C30H44O8. The van der Waals surface area contributed by atoms with Gasteiger partial charge in [0.05, 0.1) is 26.4 Å². The molecule has 2 aromatic carbocycles. The number of carbonyl (C=O) groups excluding carboxylic acids is 2. The average molecular weight is 533 g/mol. The smallest absolute Gasteiger partial charge is 0.486 e. The lowest BCUT2D eigenvalue weighted by molar-refractivity contribution is 0.0931. The minimum Gasteiger partial charge on any atom is -0.486 e. The van der Waals surface area contributed by atoms with E-state index >= 15 is 0 Å². The Morgan fingerprint density at radius 1 is 0.526 bits per heavy atom. The standard InChI is InChI=1S/C30H44O8/c1-5-9-11-15-21-35-29(31)37-25-23-17-13-14-18-24(23)26(38-30(32)36-22-16-12-10-6-2)28(34-20-8-4)27(25)33-19-7-3/h13-14,17-18H,5-12,15-16,19-22H2,1-4H3. The molecule has 38 heavy (non-hydrogen) atoms. The molecule has 8 nitrogen and oxygen atoms in total. The first kappa shape index (κ1) is 31.1. The van der Waals surface area contributed by atoms with Crippen molar-refractivity contribution in [3.05, 3.63) is 24.3 Å². The SMILES string of the molecule is CCCCCCOC(=O)Oc1c(OCCC)c(OCCC)c(OC(=O)OCCCCCC)c2ccccc12. The van der Waals surface area contributed by atoms with E-state index < -0.39 is 12.3 Å². The second kappa shape index (κ2) is 18.2. The van der Waals surface area contributed by atoms with Crippen LogP contribution in [-0.4, -0.2) is 38.7 Å². The van der Waals surface area contributed by atoms with Crippen molar-refractivity contribution < 1.29 is 38.0 Å². The number of hydrogen-bond donors (Lipinski definition) is 0. The summed E-state index contributed by atoms with van der Waals surface area (Å²) in [5.74, 6) is 0.707. The largest absolute Gasteiger partial charge is 0.513 e. The van der Waals surface area contributed by atoms with Crippen LogP contribution >= 0.6 is 0 Å². The highest BCUT2D eigenvalue weighted by atomic mass is 16.7. The van der Waals surface area contributed by atoms with E-state index in [1.165, 1.54) is 0 Å². The fourth-order valence-corrected chi connectivity index (χ4v) is 3.80. The first-order valence-electron chi connectivity index (χ1n) is 14.1. The molecule has 0 radical (unpaired) electrons. The molecule has 0 amide bonds. The van der Waals surface area contributed by atoms with Gasteiger partial charge in [0.15, 0.2) is 11.5 Å². The summed E-state index contributed by atoms with van der Waals surface area (Å²) in [7, 11) is 0. The number of benzene rings is 2. The van der Waals surface area contributed by atoms with Gasteiger partial charge in [0.1, 0.15) is 0 Å². The third-order valence-corrected chi connectivity index (χ3v) is 5.74. The van der Waals surface area contributed by atoms with Crippen molar-refractivity contribution in [3.8, 4) is 23.0 Å². The first-order chi connectivity index (χ1) is 18.6. The number of carbonyl (C=O) groups is 2. The highest BCUT2D eigenvalue weighted by Gasteiger charge is 2.28. The first-order valence-corrected chi connectivity index (χ1v) is 14.1. The maximum Gasteiger partial charge on any atom is 0.513 e. The molecule has 0 aromatic heterocycles. The van der Waals surface area contributed by atoms with Gasteiger partial charge in [0, 0.05) is 10.8 Å². The van der Waals surface area contributed by atoms with E-state index in [-0.39, 0.29) is 36.2 Å². The number of unbranched alkanes of at least 4 members (excludes halogenated alkanes) is 6. The summed E-state index contributed by atoms with van der Waals surface area (Å²) in [5, 5.41) is 1.05. The topological polar surface area (TPSA) is 89.5 Å². The Bertz CT molecular complexity index is 909. The molecular weight excluding hydrogens is 488 g/mol. The molecule has 0 bridgehead atoms. The van der Waals surface area contributed by atoms with Crippen molar-refractivity contribution in [3.63, 3.8) is 0 Å². The molecule has 0 aliphatic carbocycles. The lowest BCUT2D eigenvalue weighted by atomic mass is 10.1. The molecule has 212 valence electrons. The quantitative estimate of drug-likeness (QED) is 0.107. The van der Waals surface area contributed by atoms with Gasteiger partial charge in [0.25, 0.3) is 0 Å². The highest BCUT2D eigenvalue weighted by Crippen LogP contribution is 2.51. The fourth-order valence-electron chi connectivity index (χ4n) is 3.80. The van der Waals surface area contributed by atoms with E-state index in [1.807, 2.05) is 13.8 Å². The summed E-state index contributed by atoms with van der Waals surface area (Å²) in [6, 6.07) is 7.14. The highest BCUT2D eigenvalue weighted by molar-refractivity contribution is 6.00. The molecule has 0 saturated heterocycles. The van der Waals surface area contributed by atoms with Gasteiger partial charge in [-0.3, -0.25) is 0 Å². The van der Waals surface area contributed by atoms with Crippen LogP contribution in [0.4, 0.5) is 9.59 Å². The predicted octanol–water partition coefficient (Wildman–Crippen LogP) is 8.61. The molecule has 0 atom stereocenters. The number of fused-ring (bicyclic) bond motifs is 1. The molecule has 0 fully saturated rings. The molecule has 0 aliphatic rings. The molecule has 0 saturated carbocycles. The van der Waals surface area contributed by atoms with Crippen LogP contribution in [0.2, 0.25) is 0 Å². The normalized spacial score (nSPS) is 10.7. The number of ether oxygens (including phenoxy) is 6. The van der Waals surface area contributed by atoms with Gasteiger partial charge in [0.2, 0.25) is 11.5 Å². The molecule has 8 heteroatoms. The lowest BCUT2D eigenvalue weighted by Gasteiger charge is -2.21. The van der Waals surface area contributed by atoms with Crippen LogP contribution in [0.3, 0.4) is 0 Å². The molecule has 0 heterocycles. The van der Waals surface area contributed by atoms with E-state index in [1.54, 1.807) is 24.3 Å². The van der Waals surface area contributed by atoms with Crippen LogP contribution in [0.5, 0.6) is 23.0 Å². The molecule has 0 unspecified atom stereocenters. The van der Waals surface area contributed by atoms with Gasteiger partial charge in [-0.05, 0) is 25.7 Å². The monoisotopic (exact) mass is 532 g/mol. The minimum absolute atomic E-state index is 0.166. The van der Waals surface area contributed by atoms with E-state index in [9.17, 15) is 9.59 Å². The zero-order chi connectivity index (χ0) is 27.6.